The zero-order valence-corrected chi connectivity index (χ0v) is 11.4. The normalized spacial score (nSPS) is 15.8. The summed E-state index contributed by atoms with van der Waals surface area (Å²) in [6.07, 6.45) is 3.22. The number of nitrogens with zero attached hydrogens (tertiary/aromatic N) is 1. The van der Waals surface area contributed by atoms with Crippen LogP contribution in [0.25, 0.3) is 0 Å². The van der Waals surface area contributed by atoms with Gasteiger partial charge in [0.1, 0.15) is 0 Å². The zero-order chi connectivity index (χ0) is 13.5. The molecule has 0 spiro atoms. The predicted molar refractivity (Wildman–Crippen MR) is 77.4 cm³/mol. The molecule has 2 aromatic carbocycles. The summed E-state index contributed by atoms with van der Waals surface area (Å²) in [6.45, 7) is 3.44. The van der Waals surface area contributed by atoms with E-state index in [1.165, 1.54) is 22.4 Å². The van der Waals surface area contributed by atoms with E-state index in [0.29, 0.717) is 6.79 Å². The van der Waals surface area contributed by atoms with Gasteiger partial charge in [0.05, 0.1) is 0 Å². The minimum absolute atomic E-state index is 0.333. The average molecular weight is 266 g/mol. The standard InChI is InChI=1S/C17H16NO2/c1-12-2-4-15(5-3-12)18-7-6-13-8-16-17(20-11-19-16)9-14(13)10-18/h2-5,8-10H,6-7,11H2,1H3/q+1. The maximum atomic E-state index is 5.46. The fourth-order valence-corrected chi connectivity index (χ4v) is 2.75. The highest BCUT2D eigenvalue weighted by atomic mass is 16.7. The summed E-state index contributed by atoms with van der Waals surface area (Å²) in [5.74, 6) is 1.73. The van der Waals surface area contributed by atoms with Crippen LogP contribution in [0.2, 0.25) is 0 Å². The lowest BCUT2D eigenvalue weighted by atomic mass is 10.0. The van der Waals surface area contributed by atoms with Crippen LogP contribution >= 0.6 is 0 Å². The van der Waals surface area contributed by atoms with Crippen LogP contribution in [0.15, 0.2) is 36.4 Å². The molecule has 0 N–H and O–H groups in total. The minimum Gasteiger partial charge on any atom is -0.454 e. The molecule has 2 aromatic rings. The molecule has 0 unspecified atom stereocenters. The Labute approximate surface area is 118 Å². The number of fused-ring (bicyclic) bond motifs is 2. The Bertz CT molecular complexity index is 702. The van der Waals surface area contributed by atoms with E-state index in [-0.39, 0.29) is 0 Å². The van der Waals surface area contributed by atoms with Gasteiger partial charge in [-0.05, 0) is 24.6 Å². The largest absolute Gasteiger partial charge is 0.454 e. The molecule has 3 nitrogen and oxygen atoms in total. The molecule has 0 bridgehead atoms. The number of benzene rings is 2. The van der Waals surface area contributed by atoms with E-state index in [1.54, 1.807) is 0 Å². The van der Waals surface area contributed by atoms with Gasteiger partial charge in [-0.1, -0.05) is 17.7 Å². The van der Waals surface area contributed by atoms with Crippen LogP contribution in [0.3, 0.4) is 0 Å². The monoisotopic (exact) mass is 266 g/mol. The fraction of sp³-hybridized carbons (Fsp3) is 0.235. The van der Waals surface area contributed by atoms with Gasteiger partial charge in [-0.3, -0.25) is 0 Å². The van der Waals surface area contributed by atoms with Gasteiger partial charge in [-0.2, -0.15) is 4.58 Å². The lowest BCUT2D eigenvalue weighted by Gasteiger charge is -2.13. The van der Waals surface area contributed by atoms with Gasteiger partial charge in [0.2, 0.25) is 12.5 Å². The van der Waals surface area contributed by atoms with E-state index in [1.807, 2.05) is 0 Å². The van der Waals surface area contributed by atoms with Crippen molar-refractivity contribution < 1.29 is 14.0 Å². The zero-order valence-electron chi connectivity index (χ0n) is 11.4. The van der Waals surface area contributed by atoms with Crippen molar-refractivity contribution in [2.75, 3.05) is 13.3 Å². The summed E-state index contributed by atoms with van der Waals surface area (Å²) in [6, 6.07) is 12.8. The van der Waals surface area contributed by atoms with Crippen LogP contribution in [0, 0.1) is 6.92 Å². The van der Waals surface area contributed by atoms with E-state index in [9.17, 15) is 0 Å². The number of hydrogen-bond donors (Lipinski definition) is 0. The Morgan fingerprint density at radius 3 is 2.55 bits per heavy atom. The van der Waals surface area contributed by atoms with E-state index < -0.39 is 0 Å². The fourth-order valence-electron chi connectivity index (χ4n) is 2.75. The van der Waals surface area contributed by atoms with Gasteiger partial charge in [0, 0.05) is 24.1 Å². The van der Waals surface area contributed by atoms with Crippen LogP contribution in [0.4, 0.5) is 5.69 Å². The van der Waals surface area contributed by atoms with E-state index in [0.717, 1.165) is 24.5 Å². The average Bonchev–Trinajstić information content (AvgIpc) is 2.92. The molecule has 0 fully saturated rings. The minimum atomic E-state index is 0.333. The van der Waals surface area contributed by atoms with Crippen LogP contribution in [-0.4, -0.2) is 24.1 Å². The van der Waals surface area contributed by atoms with Gasteiger partial charge < -0.3 is 9.47 Å². The highest BCUT2D eigenvalue weighted by Gasteiger charge is 2.23. The summed E-state index contributed by atoms with van der Waals surface area (Å²) in [4.78, 5) is 0. The first-order valence-electron chi connectivity index (χ1n) is 6.90. The van der Waals surface area contributed by atoms with Crippen molar-refractivity contribution >= 4 is 11.9 Å². The van der Waals surface area contributed by atoms with E-state index in [4.69, 9.17) is 9.47 Å². The van der Waals surface area contributed by atoms with Gasteiger partial charge in [0.15, 0.2) is 24.3 Å². The Hall–Kier alpha value is -2.29. The second-order valence-electron chi connectivity index (χ2n) is 5.31. The number of aryl methyl sites for hydroxylation is 1. The highest BCUT2D eigenvalue weighted by molar-refractivity contribution is 5.81. The molecule has 3 heteroatoms. The third-order valence-electron chi connectivity index (χ3n) is 3.92. The lowest BCUT2D eigenvalue weighted by molar-refractivity contribution is -0.436. The number of hydrogen-bond acceptors (Lipinski definition) is 2. The molecule has 0 atom stereocenters. The molecule has 0 saturated carbocycles. The van der Waals surface area contributed by atoms with Crippen LogP contribution in [-0.2, 0) is 6.42 Å². The van der Waals surface area contributed by atoms with Crippen LogP contribution < -0.4 is 9.47 Å². The maximum Gasteiger partial charge on any atom is 0.231 e. The summed E-state index contributed by atoms with van der Waals surface area (Å²) in [5.41, 5.74) is 5.08. The molecule has 2 heterocycles. The number of ether oxygens (including phenoxy) is 2. The van der Waals surface area contributed by atoms with Crippen LogP contribution in [0.5, 0.6) is 11.5 Å². The topological polar surface area (TPSA) is 21.5 Å². The Balaban J connectivity index is 1.76. The lowest BCUT2D eigenvalue weighted by Crippen LogP contribution is -2.18. The maximum absolute atomic E-state index is 5.46. The van der Waals surface area contributed by atoms with Crippen molar-refractivity contribution in [3.63, 3.8) is 0 Å². The smallest absolute Gasteiger partial charge is 0.231 e. The Morgan fingerprint density at radius 2 is 1.75 bits per heavy atom. The SMILES string of the molecule is Cc1ccc([N+]2=Cc3cc4c(cc3CC2)OCO4)cc1. The predicted octanol–water partition coefficient (Wildman–Crippen LogP) is 3.04. The van der Waals surface area contributed by atoms with E-state index in [2.05, 4.69) is 54.1 Å². The van der Waals surface area contributed by atoms with Crippen molar-refractivity contribution in [3.05, 3.63) is 53.1 Å². The van der Waals surface area contributed by atoms with Crippen molar-refractivity contribution in [1.29, 1.82) is 0 Å². The summed E-state index contributed by atoms with van der Waals surface area (Å²) in [5, 5.41) is 0. The molecule has 4 rings (SSSR count). The summed E-state index contributed by atoms with van der Waals surface area (Å²) < 4.78 is 13.2. The molecule has 0 aromatic heterocycles. The van der Waals surface area contributed by atoms with Crippen molar-refractivity contribution in [2.24, 2.45) is 0 Å². The van der Waals surface area contributed by atoms with Gasteiger partial charge in [-0.15, -0.1) is 0 Å². The van der Waals surface area contributed by atoms with Gasteiger partial charge >= 0.3 is 0 Å². The molecule has 2 aliphatic rings. The first-order valence-corrected chi connectivity index (χ1v) is 6.90. The van der Waals surface area contributed by atoms with Crippen LogP contribution in [0.1, 0.15) is 16.7 Å². The molecule has 2 aliphatic heterocycles. The van der Waals surface area contributed by atoms with Gasteiger partial charge in [0.25, 0.3) is 0 Å². The third kappa shape index (κ3) is 1.86. The quantitative estimate of drug-likeness (QED) is 0.740. The van der Waals surface area contributed by atoms with E-state index >= 15 is 0 Å². The first-order chi connectivity index (χ1) is 9.79. The Morgan fingerprint density at radius 1 is 1.00 bits per heavy atom. The summed E-state index contributed by atoms with van der Waals surface area (Å²) in [7, 11) is 0. The second-order valence-corrected chi connectivity index (χ2v) is 5.31. The van der Waals surface area contributed by atoms with Crippen molar-refractivity contribution in [2.45, 2.75) is 13.3 Å². The number of rotatable bonds is 1. The first kappa shape index (κ1) is 11.5. The van der Waals surface area contributed by atoms with Crippen molar-refractivity contribution in [3.8, 4) is 11.5 Å². The molecule has 0 aliphatic carbocycles. The Kier molecular flexibility index (Phi) is 2.52. The second kappa shape index (κ2) is 4.37. The molecule has 0 saturated heterocycles. The molecule has 0 radical (unpaired) electrons. The molecule has 20 heavy (non-hydrogen) atoms. The molecule has 100 valence electrons. The third-order valence-corrected chi connectivity index (χ3v) is 3.92. The molecule has 0 amide bonds. The van der Waals surface area contributed by atoms with Gasteiger partial charge in [-0.25, -0.2) is 0 Å². The molecular formula is C17H16NO2+. The molecular weight excluding hydrogens is 250 g/mol. The highest BCUT2D eigenvalue weighted by Crippen LogP contribution is 2.35. The van der Waals surface area contributed by atoms with Crippen molar-refractivity contribution in [1.82, 2.24) is 0 Å². The summed E-state index contributed by atoms with van der Waals surface area (Å²) >= 11 is 0.